The first kappa shape index (κ1) is 9.26. The predicted molar refractivity (Wildman–Crippen MR) is 53.6 cm³/mol. The average molecular weight is 183 g/mol. The molecule has 1 aromatic rings. The molecule has 66 valence electrons. The number of nitrogens with zero attached hydrogens (tertiary/aromatic N) is 1. The Kier molecular flexibility index (Phi) is 2.87. The number of benzene rings is 1. The van der Waals surface area contributed by atoms with Gasteiger partial charge in [0, 0.05) is 13.3 Å². The maximum Gasteiger partial charge on any atom is 0.116 e. The monoisotopic (exact) mass is 183 g/mol. The van der Waals surface area contributed by atoms with Gasteiger partial charge in [-0.3, -0.25) is 4.31 Å². The Balaban J connectivity index is 3.02. The molecule has 1 rings (SSSR count). The lowest BCUT2D eigenvalue weighted by molar-refractivity contribution is 0.685. The second-order valence-electron chi connectivity index (χ2n) is 2.71. The molecule has 0 aliphatic rings. The van der Waals surface area contributed by atoms with E-state index in [0.717, 1.165) is 11.3 Å². The smallest absolute Gasteiger partial charge is 0.116 e. The van der Waals surface area contributed by atoms with Crippen LogP contribution in [0, 0.1) is 6.92 Å². The van der Waals surface area contributed by atoms with Crippen LogP contribution in [-0.2, 0) is 11.0 Å². The van der Waals surface area contributed by atoms with E-state index in [9.17, 15) is 4.21 Å². The summed E-state index contributed by atoms with van der Waals surface area (Å²) in [6, 6.07) is 7.91. The Bertz CT molecular complexity index is 298. The van der Waals surface area contributed by atoms with Crippen molar-refractivity contribution in [2.75, 3.05) is 17.6 Å². The molecular weight excluding hydrogens is 170 g/mol. The summed E-state index contributed by atoms with van der Waals surface area (Å²) in [6.07, 6.45) is 1.67. The summed E-state index contributed by atoms with van der Waals surface area (Å²) in [4.78, 5) is 0. The number of para-hydroxylation sites is 1. The Morgan fingerprint density at radius 3 is 2.42 bits per heavy atom. The fourth-order valence-corrected chi connectivity index (χ4v) is 1.54. The number of rotatable bonds is 2. The van der Waals surface area contributed by atoms with Crippen LogP contribution >= 0.6 is 0 Å². The van der Waals surface area contributed by atoms with Crippen molar-refractivity contribution in [2.45, 2.75) is 6.92 Å². The molecule has 1 aromatic carbocycles. The fraction of sp³-hybridized carbons (Fsp3) is 0.333. The number of hydrogen-bond donors (Lipinski definition) is 0. The SMILES string of the molecule is Cc1ccccc1N(C)S(C)=O. The third kappa shape index (κ3) is 1.85. The molecule has 0 saturated heterocycles. The first-order valence-corrected chi connectivity index (χ1v) is 5.27. The van der Waals surface area contributed by atoms with Crippen LogP contribution in [0.2, 0.25) is 0 Å². The molecule has 2 nitrogen and oxygen atoms in total. The van der Waals surface area contributed by atoms with Gasteiger partial charge in [0.2, 0.25) is 0 Å². The summed E-state index contributed by atoms with van der Waals surface area (Å²) in [5.74, 6) is 0. The van der Waals surface area contributed by atoms with E-state index in [1.165, 1.54) is 0 Å². The zero-order valence-corrected chi connectivity index (χ0v) is 8.39. The Labute approximate surface area is 75.8 Å². The van der Waals surface area contributed by atoms with Crippen molar-refractivity contribution in [1.29, 1.82) is 0 Å². The summed E-state index contributed by atoms with van der Waals surface area (Å²) < 4.78 is 12.9. The number of hydrogen-bond acceptors (Lipinski definition) is 1. The van der Waals surface area contributed by atoms with Gasteiger partial charge in [-0.1, -0.05) is 18.2 Å². The summed E-state index contributed by atoms with van der Waals surface area (Å²) >= 11 is 0. The van der Waals surface area contributed by atoms with E-state index in [2.05, 4.69) is 0 Å². The lowest BCUT2D eigenvalue weighted by atomic mass is 10.2. The van der Waals surface area contributed by atoms with E-state index in [1.54, 1.807) is 10.6 Å². The highest BCUT2D eigenvalue weighted by atomic mass is 32.2. The van der Waals surface area contributed by atoms with Crippen LogP contribution in [0.5, 0.6) is 0 Å². The van der Waals surface area contributed by atoms with Crippen molar-refractivity contribution < 1.29 is 4.21 Å². The Hall–Kier alpha value is -0.830. The lowest BCUT2D eigenvalue weighted by Crippen LogP contribution is -2.19. The van der Waals surface area contributed by atoms with E-state index < -0.39 is 11.0 Å². The first-order valence-electron chi connectivity index (χ1n) is 3.76. The van der Waals surface area contributed by atoms with Crippen LogP contribution in [0.3, 0.4) is 0 Å². The summed E-state index contributed by atoms with van der Waals surface area (Å²) in [6.45, 7) is 2.01. The van der Waals surface area contributed by atoms with Gasteiger partial charge in [-0.2, -0.15) is 0 Å². The van der Waals surface area contributed by atoms with Gasteiger partial charge in [0.1, 0.15) is 11.0 Å². The molecule has 0 heterocycles. The molecule has 0 bridgehead atoms. The topological polar surface area (TPSA) is 20.3 Å². The molecule has 0 aliphatic heterocycles. The second-order valence-corrected chi connectivity index (χ2v) is 4.10. The highest BCUT2D eigenvalue weighted by molar-refractivity contribution is 7.85. The van der Waals surface area contributed by atoms with Crippen molar-refractivity contribution in [1.82, 2.24) is 0 Å². The molecule has 0 amide bonds. The highest BCUT2D eigenvalue weighted by Crippen LogP contribution is 2.18. The second kappa shape index (κ2) is 3.72. The van der Waals surface area contributed by atoms with Crippen LogP contribution in [0.4, 0.5) is 5.69 Å². The van der Waals surface area contributed by atoms with Gasteiger partial charge in [-0.05, 0) is 18.6 Å². The molecule has 0 aliphatic carbocycles. The normalized spacial score (nSPS) is 12.6. The minimum absolute atomic E-state index is 0.938. The fourth-order valence-electron chi connectivity index (χ4n) is 1.06. The van der Waals surface area contributed by atoms with Crippen LogP contribution in [0.25, 0.3) is 0 Å². The van der Waals surface area contributed by atoms with Crippen LogP contribution in [-0.4, -0.2) is 17.5 Å². The minimum Gasteiger partial charge on any atom is -0.295 e. The molecule has 12 heavy (non-hydrogen) atoms. The summed E-state index contributed by atoms with van der Waals surface area (Å²) in [5, 5.41) is 0. The number of anilines is 1. The zero-order valence-electron chi connectivity index (χ0n) is 7.57. The molecule has 3 heteroatoms. The highest BCUT2D eigenvalue weighted by Gasteiger charge is 2.05. The van der Waals surface area contributed by atoms with E-state index in [0.29, 0.717) is 0 Å². The maximum atomic E-state index is 11.1. The predicted octanol–water partition coefficient (Wildman–Crippen LogP) is 1.72. The minimum atomic E-state index is -0.938. The average Bonchev–Trinajstić information content (AvgIpc) is 2.04. The quantitative estimate of drug-likeness (QED) is 0.683. The van der Waals surface area contributed by atoms with Gasteiger partial charge >= 0.3 is 0 Å². The summed E-state index contributed by atoms with van der Waals surface area (Å²) in [7, 11) is 0.894. The molecule has 0 saturated carbocycles. The van der Waals surface area contributed by atoms with Gasteiger partial charge < -0.3 is 0 Å². The summed E-state index contributed by atoms with van der Waals surface area (Å²) in [5.41, 5.74) is 2.17. The molecule has 0 N–H and O–H groups in total. The third-order valence-corrected chi connectivity index (χ3v) is 2.81. The van der Waals surface area contributed by atoms with Gasteiger partial charge in [0.05, 0.1) is 5.69 Å². The standard InChI is InChI=1S/C9H13NOS/c1-8-6-4-5-7-9(8)10(2)12(3)11/h4-7H,1-3H3. The van der Waals surface area contributed by atoms with Gasteiger partial charge in [-0.15, -0.1) is 0 Å². The van der Waals surface area contributed by atoms with E-state index in [-0.39, 0.29) is 0 Å². The van der Waals surface area contributed by atoms with Crippen molar-refractivity contribution in [3.8, 4) is 0 Å². The molecule has 1 atom stereocenters. The molecule has 0 aromatic heterocycles. The maximum absolute atomic E-state index is 11.1. The largest absolute Gasteiger partial charge is 0.295 e. The molecule has 1 unspecified atom stereocenters. The van der Waals surface area contributed by atoms with Crippen LogP contribution in [0.1, 0.15) is 5.56 Å². The van der Waals surface area contributed by atoms with Crippen LogP contribution < -0.4 is 4.31 Å². The zero-order chi connectivity index (χ0) is 9.14. The van der Waals surface area contributed by atoms with Crippen molar-refractivity contribution >= 4 is 16.7 Å². The first-order chi connectivity index (χ1) is 5.63. The van der Waals surface area contributed by atoms with E-state index >= 15 is 0 Å². The van der Waals surface area contributed by atoms with Crippen molar-refractivity contribution in [3.63, 3.8) is 0 Å². The van der Waals surface area contributed by atoms with Gasteiger partial charge in [-0.25, -0.2) is 4.21 Å². The van der Waals surface area contributed by atoms with Gasteiger partial charge in [0.15, 0.2) is 0 Å². The van der Waals surface area contributed by atoms with Crippen molar-refractivity contribution in [3.05, 3.63) is 29.8 Å². The lowest BCUT2D eigenvalue weighted by Gasteiger charge is -2.17. The van der Waals surface area contributed by atoms with E-state index in [4.69, 9.17) is 0 Å². The Morgan fingerprint density at radius 2 is 1.92 bits per heavy atom. The molecule has 0 spiro atoms. The Morgan fingerprint density at radius 1 is 1.33 bits per heavy atom. The molecule has 0 radical (unpaired) electrons. The molecular formula is C9H13NOS. The van der Waals surface area contributed by atoms with Crippen molar-refractivity contribution in [2.24, 2.45) is 0 Å². The third-order valence-electron chi connectivity index (χ3n) is 1.84. The number of aryl methyl sites for hydroxylation is 1. The van der Waals surface area contributed by atoms with E-state index in [1.807, 2.05) is 38.2 Å². The van der Waals surface area contributed by atoms with Crippen LogP contribution in [0.15, 0.2) is 24.3 Å². The van der Waals surface area contributed by atoms with Gasteiger partial charge in [0.25, 0.3) is 0 Å². The molecule has 0 fully saturated rings.